The lowest BCUT2D eigenvalue weighted by Gasteiger charge is -1.89. The van der Waals surface area contributed by atoms with Gasteiger partial charge in [0.2, 0.25) is 0 Å². The van der Waals surface area contributed by atoms with Crippen LogP contribution in [-0.2, 0) is 9.53 Å². The molecule has 0 saturated carbocycles. The summed E-state index contributed by atoms with van der Waals surface area (Å²) in [6.45, 7) is 0.992. The van der Waals surface area contributed by atoms with Crippen LogP contribution in [0.15, 0.2) is 4.99 Å². The van der Waals surface area contributed by atoms with Crippen molar-refractivity contribution >= 4 is 12.0 Å². The Labute approximate surface area is 47.4 Å². The molecule has 0 atom stereocenters. The van der Waals surface area contributed by atoms with Gasteiger partial charge in [-0.1, -0.05) is 0 Å². The van der Waals surface area contributed by atoms with Crippen LogP contribution in [0.3, 0.4) is 0 Å². The van der Waals surface area contributed by atoms with Gasteiger partial charge in [0.25, 0.3) is 0 Å². The van der Waals surface area contributed by atoms with Gasteiger partial charge in [-0.15, -0.1) is 0 Å². The van der Waals surface area contributed by atoms with E-state index in [2.05, 4.69) is 4.99 Å². The molecule has 1 heterocycles. The van der Waals surface area contributed by atoms with E-state index in [-0.39, 0.29) is 12.4 Å². The second-order valence-corrected chi connectivity index (χ2v) is 1.58. The maximum absolute atomic E-state index is 10.4. The molecule has 0 aromatic carbocycles. The van der Waals surface area contributed by atoms with Crippen LogP contribution in [0.2, 0.25) is 0 Å². The molecule has 0 aromatic rings. The topological polar surface area (TPSA) is 38.7 Å². The molecular formula is C5H7NO2. The van der Waals surface area contributed by atoms with Gasteiger partial charge in [0.15, 0.2) is 5.78 Å². The van der Waals surface area contributed by atoms with E-state index in [4.69, 9.17) is 4.74 Å². The van der Waals surface area contributed by atoms with E-state index < -0.39 is 0 Å². The number of ether oxygens (including phenoxy) is 1. The Kier molecular flexibility index (Phi) is 1.75. The summed E-state index contributed by atoms with van der Waals surface area (Å²) in [5, 5.41) is 0. The van der Waals surface area contributed by atoms with Crippen molar-refractivity contribution in [1.82, 2.24) is 0 Å². The molecule has 0 unspecified atom stereocenters. The summed E-state index contributed by atoms with van der Waals surface area (Å²) in [6, 6.07) is 0. The molecule has 1 aliphatic heterocycles. The van der Waals surface area contributed by atoms with Crippen molar-refractivity contribution < 1.29 is 9.53 Å². The first-order chi connectivity index (χ1) is 3.89. The summed E-state index contributed by atoms with van der Waals surface area (Å²) in [5.41, 5.74) is 0. The molecule has 0 N–H and O–H groups in total. The van der Waals surface area contributed by atoms with Gasteiger partial charge in [-0.05, 0) is 0 Å². The van der Waals surface area contributed by atoms with Gasteiger partial charge in [0.05, 0.1) is 13.2 Å². The quantitative estimate of drug-likeness (QED) is 0.431. The van der Waals surface area contributed by atoms with E-state index in [1.54, 1.807) is 6.21 Å². The maximum Gasteiger partial charge on any atom is 0.179 e. The zero-order valence-electron chi connectivity index (χ0n) is 4.46. The van der Waals surface area contributed by atoms with Gasteiger partial charge in [-0.2, -0.15) is 0 Å². The van der Waals surface area contributed by atoms with E-state index in [0.717, 1.165) is 0 Å². The Hall–Kier alpha value is -0.700. The zero-order valence-corrected chi connectivity index (χ0v) is 4.46. The molecule has 0 spiro atoms. The van der Waals surface area contributed by atoms with Crippen LogP contribution in [0.5, 0.6) is 0 Å². The zero-order chi connectivity index (χ0) is 5.82. The highest BCUT2D eigenvalue weighted by atomic mass is 16.5. The van der Waals surface area contributed by atoms with Crippen molar-refractivity contribution in [3.8, 4) is 0 Å². The number of Topliss-reactive ketones (excluding diaryl/α,β-unsaturated/α-hetero) is 1. The van der Waals surface area contributed by atoms with E-state index in [1.807, 2.05) is 0 Å². The molecular weight excluding hydrogens is 106 g/mol. The number of aliphatic imine (C=N–C) groups is 1. The molecule has 8 heavy (non-hydrogen) atoms. The van der Waals surface area contributed by atoms with Crippen LogP contribution >= 0.6 is 0 Å². The van der Waals surface area contributed by atoms with Gasteiger partial charge in [-0.25, -0.2) is 0 Å². The Morgan fingerprint density at radius 2 is 2.62 bits per heavy atom. The molecule has 0 amide bonds. The highest BCUT2D eigenvalue weighted by molar-refractivity contribution is 5.84. The summed E-state index contributed by atoms with van der Waals surface area (Å²) < 4.78 is 4.81. The third-order valence-corrected chi connectivity index (χ3v) is 0.852. The summed E-state index contributed by atoms with van der Waals surface area (Å²) in [6.07, 6.45) is 1.62. The molecule has 3 nitrogen and oxygen atoms in total. The lowest BCUT2D eigenvalue weighted by atomic mass is 10.4. The third kappa shape index (κ3) is 1.42. The Morgan fingerprint density at radius 3 is 3.50 bits per heavy atom. The second-order valence-electron chi connectivity index (χ2n) is 1.58. The van der Waals surface area contributed by atoms with Crippen molar-refractivity contribution in [1.29, 1.82) is 0 Å². The molecule has 1 rings (SSSR count). The fraction of sp³-hybridized carbons (Fsp3) is 0.600. The van der Waals surface area contributed by atoms with Crippen LogP contribution in [-0.4, -0.2) is 31.8 Å². The molecule has 1 aliphatic rings. The Bertz CT molecular complexity index is 120. The van der Waals surface area contributed by atoms with Crippen molar-refractivity contribution in [2.75, 3.05) is 19.8 Å². The summed E-state index contributed by atoms with van der Waals surface area (Å²) in [4.78, 5) is 14.2. The van der Waals surface area contributed by atoms with Gasteiger partial charge in [-0.3, -0.25) is 9.79 Å². The normalized spacial score (nSPS) is 20.8. The predicted octanol–water partition coefficient (Wildman–Crippen LogP) is -0.343. The Balaban J connectivity index is 2.41. The van der Waals surface area contributed by atoms with Gasteiger partial charge >= 0.3 is 0 Å². The summed E-state index contributed by atoms with van der Waals surface area (Å²) >= 11 is 0. The standard InChI is InChI=1S/C5H7NO2/c7-5-3-6-1-2-8-4-5/h1H,2-4H2. The molecule has 0 fully saturated rings. The number of carbonyl (C=O) groups excluding carboxylic acids is 1. The van der Waals surface area contributed by atoms with E-state index in [0.29, 0.717) is 13.2 Å². The first-order valence-electron chi connectivity index (χ1n) is 2.47. The number of carbonyl (C=O) groups is 1. The SMILES string of the molecule is O=C1CN=CCOC1. The van der Waals surface area contributed by atoms with Crippen LogP contribution in [0.25, 0.3) is 0 Å². The molecule has 44 valence electrons. The number of hydrogen-bond acceptors (Lipinski definition) is 3. The fourth-order valence-corrected chi connectivity index (χ4v) is 0.490. The summed E-state index contributed by atoms with van der Waals surface area (Å²) in [5.74, 6) is 0.0544. The highest BCUT2D eigenvalue weighted by Crippen LogP contribution is 1.82. The van der Waals surface area contributed by atoms with E-state index >= 15 is 0 Å². The van der Waals surface area contributed by atoms with Crippen LogP contribution in [0.1, 0.15) is 0 Å². The Morgan fingerprint density at radius 1 is 1.75 bits per heavy atom. The molecule has 0 radical (unpaired) electrons. The average molecular weight is 113 g/mol. The third-order valence-electron chi connectivity index (χ3n) is 0.852. The minimum Gasteiger partial charge on any atom is -0.368 e. The number of rotatable bonds is 0. The first kappa shape index (κ1) is 5.44. The second kappa shape index (κ2) is 2.57. The first-order valence-corrected chi connectivity index (χ1v) is 2.47. The number of nitrogens with zero attached hydrogens (tertiary/aromatic N) is 1. The lowest BCUT2D eigenvalue weighted by Crippen LogP contribution is -2.08. The van der Waals surface area contributed by atoms with Crippen molar-refractivity contribution in [3.63, 3.8) is 0 Å². The van der Waals surface area contributed by atoms with Crippen LogP contribution in [0, 0.1) is 0 Å². The molecule has 0 aromatic heterocycles. The predicted molar refractivity (Wildman–Crippen MR) is 29.2 cm³/mol. The minimum atomic E-state index is 0.0544. The molecule has 0 bridgehead atoms. The van der Waals surface area contributed by atoms with E-state index in [9.17, 15) is 4.79 Å². The lowest BCUT2D eigenvalue weighted by molar-refractivity contribution is -0.121. The molecule has 3 heteroatoms. The monoisotopic (exact) mass is 113 g/mol. The van der Waals surface area contributed by atoms with Crippen molar-refractivity contribution in [2.24, 2.45) is 4.99 Å². The molecule has 0 saturated heterocycles. The fourth-order valence-electron chi connectivity index (χ4n) is 0.490. The summed E-state index contributed by atoms with van der Waals surface area (Å²) in [7, 11) is 0. The van der Waals surface area contributed by atoms with Gasteiger partial charge in [0, 0.05) is 6.21 Å². The van der Waals surface area contributed by atoms with Crippen molar-refractivity contribution in [3.05, 3.63) is 0 Å². The maximum atomic E-state index is 10.4. The van der Waals surface area contributed by atoms with Crippen LogP contribution < -0.4 is 0 Å². The largest absolute Gasteiger partial charge is 0.368 e. The number of ketones is 1. The van der Waals surface area contributed by atoms with Crippen LogP contribution in [0.4, 0.5) is 0 Å². The van der Waals surface area contributed by atoms with Gasteiger partial charge < -0.3 is 4.74 Å². The smallest absolute Gasteiger partial charge is 0.179 e. The average Bonchev–Trinajstić information content (AvgIpc) is 1.94. The number of hydrogen-bond donors (Lipinski definition) is 0. The minimum absolute atomic E-state index is 0.0544. The molecule has 0 aliphatic carbocycles. The van der Waals surface area contributed by atoms with E-state index in [1.165, 1.54) is 0 Å². The van der Waals surface area contributed by atoms with Crippen molar-refractivity contribution in [2.45, 2.75) is 0 Å². The van der Waals surface area contributed by atoms with Gasteiger partial charge in [0.1, 0.15) is 6.61 Å². The highest BCUT2D eigenvalue weighted by Gasteiger charge is 2.01.